The summed E-state index contributed by atoms with van der Waals surface area (Å²) in [5.74, 6) is 1.74. The van der Waals surface area contributed by atoms with Crippen molar-refractivity contribution in [1.82, 2.24) is 9.55 Å². The predicted octanol–water partition coefficient (Wildman–Crippen LogP) is 3.99. The summed E-state index contributed by atoms with van der Waals surface area (Å²) in [6.07, 6.45) is 2.33. The quantitative estimate of drug-likeness (QED) is 0.779. The number of nitrogens with zero attached hydrogens (tertiary/aromatic N) is 2. The molecule has 18 heavy (non-hydrogen) atoms. The Morgan fingerprint density at radius 3 is 2.67 bits per heavy atom. The van der Waals surface area contributed by atoms with Gasteiger partial charge in [0.25, 0.3) is 0 Å². The van der Waals surface area contributed by atoms with Gasteiger partial charge in [-0.1, -0.05) is 29.8 Å². The van der Waals surface area contributed by atoms with Gasteiger partial charge >= 0.3 is 0 Å². The minimum absolute atomic E-state index is 0.623. The van der Waals surface area contributed by atoms with Gasteiger partial charge in [-0.05, 0) is 48.2 Å². The molecule has 2 aromatic rings. The van der Waals surface area contributed by atoms with Gasteiger partial charge in [-0.3, -0.25) is 0 Å². The van der Waals surface area contributed by atoms with Crippen LogP contribution < -0.4 is 0 Å². The molecule has 0 radical (unpaired) electrons. The molecule has 1 aliphatic heterocycles. The first-order valence-corrected chi connectivity index (χ1v) is 7.22. The van der Waals surface area contributed by atoms with Crippen LogP contribution in [0.2, 0.25) is 0 Å². The summed E-state index contributed by atoms with van der Waals surface area (Å²) in [4.78, 5) is 4.51. The summed E-state index contributed by atoms with van der Waals surface area (Å²) in [5, 5.41) is 0. The molecule has 0 aliphatic carbocycles. The molecule has 2 nitrogen and oxygen atoms in total. The van der Waals surface area contributed by atoms with Gasteiger partial charge < -0.3 is 4.57 Å². The zero-order chi connectivity index (χ0) is 12.7. The first-order chi connectivity index (χ1) is 8.65. The molecular weight excluding hydrogens is 288 g/mol. The van der Waals surface area contributed by atoms with Crippen LogP contribution in [0.15, 0.2) is 28.9 Å². The van der Waals surface area contributed by atoms with E-state index in [0.717, 1.165) is 23.4 Å². The Labute approximate surface area is 116 Å². The Kier molecular flexibility index (Phi) is 3.02. The average Bonchev–Trinajstić information content (AvgIpc) is 2.66. The fourth-order valence-electron chi connectivity index (χ4n) is 2.79. The largest absolute Gasteiger partial charge is 0.331 e. The summed E-state index contributed by atoms with van der Waals surface area (Å²) in [5.41, 5.74) is 4.14. The van der Waals surface area contributed by atoms with Crippen LogP contribution in [-0.2, 0) is 13.0 Å². The molecule has 1 atom stereocenters. The van der Waals surface area contributed by atoms with E-state index < -0.39 is 0 Å². The third kappa shape index (κ3) is 2.01. The molecular formula is C15H17BrN2. The van der Waals surface area contributed by atoms with Crippen molar-refractivity contribution < 1.29 is 0 Å². The number of benzene rings is 1. The summed E-state index contributed by atoms with van der Waals surface area (Å²) in [6, 6.07) is 8.96. The molecule has 1 aromatic carbocycles. The molecule has 0 saturated carbocycles. The molecule has 2 heterocycles. The highest BCUT2D eigenvalue weighted by molar-refractivity contribution is 9.10. The summed E-state index contributed by atoms with van der Waals surface area (Å²) in [7, 11) is 0. The zero-order valence-corrected chi connectivity index (χ0v) is 12.4. The van der Waals surface area contributed by atoms with E-state index in [4.69, 9.17) is 0 Å². The number of rotatable bonds is 1. The van der Waals surface area contributed by atoms with Gasteiger partial charge in [-0.2, -0.15) is 0 Å². The number of aryl methyl sites for hydroxylation is 2. The Balaban J connectivity index is 1.90. The molecule has 3 heteroatoms. The summed E-state index contributed by atoms with van der Waals surface area (Å²) >= 11 is 3.56. The highest BCUT2D eigenvalue weighted by Crippen LogP contribution is 2.32. The lowest BCUT2D eigenvalue weighted by atomic mass is 9.90. The van der Waals surface area contributed by atoms with Crippen molar-refractivity contribution in [2.75, 3.05) is 0 Å². The smallest absolute Gasteiger partial charge is 0.127 e. The van der Waals surface area contributed by atoms with Crippen molar-refractivity contribution in [1.29, 1.82) is 0 Å². The Bertz CT molecular complexity index is 569. The molecule has 0 spiro atoms. The topological polar surface area (TPSA) is 17.8 Å². The van der Waals surface area contributed by atoms with Crippen LogP contribution in [0.1, 0.15) is 35.0 Å². The molecule has 0 saturated heterocycles. The SMILES string of the molecule is Cc1ccc(C2CCc3c(Br)nc(C)n3C2)cc1. The van der Waals surface area contributed by atoms with Crippen LogP contribution in [0.5, 0.6) is 0 Å². The molecule has 0 fully saturated rings. The van der Waals surface area contributed by atoms with Gasteiger partial charge in [0.15, 0.2) is 0 Å². The first-order valence-electron chi connectivity index (χ1n) is 6.43. The van der Waals surface area contributed by atoms with E-state index in [9.17, 15) is 0 Å². The van der Waals surface area contributed by atoms with Gasteiger partial charge in [0.05, 0.1) is 5.69 Å². The fraction of sp³-hybridized carbons (Fsp3) is 0.400. The van der Waals surface area contributed by atoms with Gasteiger partial charge in [0.1, 0.15) is 10.4 Å². The maximum Gasteiger partial charge on any atom is 0.127 e. The van der Waals surface area contributed by atoms with Crippen molar-refractivity contribution in [2.24, 2.45) is 0 Å². The van der Waals surface area contributed by atoms with Gasteiger partial charge in [0.2, 0.25) is 0 Å². The molecule has 0 amide bonds. The van der Waals surface area contributed by atoms with Gasteiger partial charge in [-0.15, -0.1) is 0 Å². The Morgan fingerprint density at radius 1 is 1.22 bits per heavy atom. The van der Waals surface area contributed by atoms with Crippen LogP contribution in [0.25, 0.3) is 0 Å². The van der Waals surface area contributed by atoms with Crippen molar-refractivity contribution in [3.63, 3.8) is 0 Å². The van der Waals surface area contributed by atoms with Crippen LogP contribution in [0, 0.1) is 13.8 Å². The first kappa shape index (κ1) is 12.0. The highest BCUT2D eigenvalue weighted by atomic mass is 79.9. The Morgan fingerprint density at radius 2 is 1.94 bits per heavy atom. The molecule has 1 aliphatic rings. The monoisotopic (exact) mass is 304 g/mol. The van der Waals surface area contributed by atoms with Gasteiger partial charge in [0, 0.05) is 12.5 Å². The number of hydrogen-bond acceptors (Lipinski definition) is 1. The van der Waals surface area contributed by atoms with Crippen LogP contribution in [-0.4, -0.2) is 9.55 Å². The van der Waals surface area contributed by atoms with Crippen LogP contribution in [0.4, 0.5) is 0 Å². The van der Waals surface area contributed by atoms with Crippen LogP contribution in [0.3, 0.4) is 0 Å². The van der Waals surface area contributed by atoms with E-state index in [1.54, 1.807) is 0 Å². The third-order valence-corrected chi connectivity index (χ3v) is 4.53. The average molecular weight is 305 g/mol. The summed E-state index contributed by atoms with van der Waals surface area (Å²) in [6.45, 7) is 5.29. The molecule has 3 rings (SSSR count). The summed E-state index contributed by atoms with van der Waals surface area (Å²) < 4.78 is 3.39. The third-order valence-electron chi connectivity index (χ3n) is 3.90. The van der Waals surface area contributed by atoms with E-state index in [1.807, 2.05) is 0 Å². The number of hydrogen-bond donors (Lipinski definition) is 0. The zero-order valence-electron chi connectivity index (χ0n) is 10.8. The number of fused-ring (bicyclic) bond motifs is 1. The van der Waals surface area contributed by atoms with Crippen molar-refractivity contribution >= 4 is 15.9 Å². The maximum atomic E-state index is 4.51. The van der Waals surface area contributed by atoms with Crippen LogP contribution >= 0.6 is 15.9 Å². The Hall–Kier alpha value is -1.09. The predicted molar refractivity (Wildman–Crippen MR) is 76.9 cm³/mol. The normalized spacial score (nSPS) is 18.7. The number of imidazole rings is 1. The minimum Gasteiger partial charge on any atom is -0.331 e. The van der Waals surface area contributed by atoms with Gasteiger partial charge in [-0.25, -0.2) is 4.98 Å². The standard InChI is InChI=1S/C15H17BrN2/c1-10-3-5-12(6-4-10)13-7-8-14-15(16)17-11(2)18(14)9-13/h3-6,13H,7-9H2,1-2H3. The van der Waals surface area contributed by atoms with E-state index in [-0.39, 0.29) is 0 Å². The minimum atomic E-state index is 0.623. The van der Waals surface area contributed by atoms with E-state index >= 15 is 0 Å². The lowest BCUT2D eigenvalue weighted by Crippen LogP contribution is -2.19. The maximum absolute atomic E-state index is 4.51. The lowest BCUT2D eigenvalue weighted by molar-refractivity contribution is 0.455. The van der Waals surface area contributed by atoms with Crippen molar-refractivity contribution in [3.8, 4) is 0 Å². The van der Waals surface area contributed by atoms with E-state index in [0.29, 0.717) is 5.92 Å². The van der Waals surface area contributed by atoms with Crippen molar-refractivity contribution in [2.45, 2.75) is 39.2 Å². The molecule has 0 N–H and O–H groups in total. The van der Waals surface area contributed by atoms with E-state index in [1.165, 1.54) is 23.2 Å². The fourth-order valence-corrected chi connectivity index (χ4v) is 3.46. The van der Waals surface area contributed by atoms with Crippen molar-refractivity contribution in [3.05, 3.63) is 51.5 Å². The second kappa shape index (κ2) is 4.54. The molecule has 1 aromatic heterocycles. The lowest BCUT2D eigenvalue weighted by Gasteiger charge is -2.25. The second-order valence-electron chi connectivity index (χ2n) is 5.15. The highest BCUT2D eigenvalue weighted by Gasteiger charge is 2.23. The second-order valence-corrected chi connectivity index (χ2v) is 5.90. The molecule has 1 unspecified atom stereocenters. The number of halogens is 1. The molecule has 0 bridgehead atoms. The molecule has 94 valence electrons. The number of aromatic nitrogens is 2. The van der Waals surface area contributed by atoms with E-state index in [2.05, 4.69) is 63.6 Å².